The number of ether oxygens (including phenoxy) is 2. The molecule has 3 aromatic rings. The molecule has 7 heteroatoms. The zero-order chi connectivity index (χ0) is 18.5. The molecule has 1 aromatic heterocycles. The summed E-state index contributed by atoms with van der Waals surface area (Å²) in [6.07, 6.45) is 0. The van der Waals surface area contributed by atoms with E-state index in [-0.39, 0.29) is 12.6 Å². The predicted octanol–water partition coefficient (Wildman–Crippen LogP) is 3.76. The highest BCUT2D eigenvalue weighted by Gasteiger charge is 2.14. The Balaban J connectivity index is 2.07. The minimum absolute atomic E-state index is 0.0991. The molecule has 0 aliphatic heterocycles. The predicted molar refractivity (Wildman–Crippen MR) is 99.4 cm³/mol. The van der Waals surface area contributed by atoms with Crippen LogP contribution in [-0.2, 0) is 6.61 Å². The molecule has 6 nitrogen and oxygen atoms in total. The molecule has 3 rings (SSSR count). The third-order valence-corrected chi connectivity index (χ3v) is 4.00. The largest absolute Gasteiger partial charge is 0.494 e. The Kier molecular flexibility index (Phi) is 5.65. The third-order valence-electron chi connectivity index (χ3n) is 3.68. The van der Waals surface area contributed by atoms with Crippen LogP contribution in [0.5, 0.6) is 11.8 Å². The summed E-state index contributed by atoms with van der Waals surface area (Å²) in [6, 6.07) is 12.8. The number of aliphatic hydroxyl groups excluding tert-OH is 1. The summed E-state index contributed by atoms with van der Waals surface area (Å²) in [5, 5.41) is 9.85. The molecule has 0 saturated heterocycles. The Morgan fingerprint density at radius 1 is 1.00 bits per heavy atom. The van der Waals surface area contributed by atoms with Gasteiger partial charge in [-0.25, -0.2) is 4.98 Å². The number of hydrogen-bond donors (Lipinski definition) is 1. The Labute approximate surface area is 156 Å². The number of methoxy groups -OCH3 is 1. The fourth-order valence-electron chi connectivity index (χ4n) is 2.41. The van der Waals surface area contributed by atoms with Gasteiger partial charge in [0.15, 0.2) is 11.6 Å². The number of aromatic nitrogens is 3. The summed E-state index contributed by atoms with van der Waals surface area (Å²) in [5.74, 6) is 1.61. The van der Waals surface area contributed by atoms with Crippen molar-refractivity contribution in [3.63, 3.8) is 0 Å². The van der Waals surface area contributed by atoms with E-state index >= 15 is 0 Å². The van der Waals surface area contributed by atoms with Crippen LogP contribution in [0.1, 0.15) is 12.5 Å². The van der Waals surface area contributed by atoms with Crippen molar-refractivity contribution in [1.29, 1.82) is 0 Å². The van der Waals surface area contributed by atoms with Crippen molar-refractivity contribution in [1.82, 2.24) is 15.0 Å². The highest BCUT2D eigenvalue weighted by atomic mass is 35.5. The molecule has 0 saturated carbocycles. The Morgan fingerprint density at radius 3 is 2.38 bits per heavy atom. The third kappa shape index (κ3) is 3.92. The van der Waals surface area contributed by atoms with E-state index < -0.39 is 0 Å². The lowest BCUT2D eigenvalue weighted by molar-refractivity contribution is 0.282. The van der Waals surface area contributed by atoms with Crippen molar-refractivity contribution in [3.05, 3.63) is 53.1 Å². The second-order valence-corrected chi connectivity index (χ2v) is 5.81. The van der Waals surface area contributed by atoms with Crippen LogP contribution in [0.4, 0.5) is 0 Å². The average molecular weight is 372 g/mol. The van der Waals surface area contributed by atoms with Gasteiger partial charge < -0.3 is 14.6 Å². The van der Waals surface area contributed by atoms with Gasteiger partial charge >= 0.3 is 6.01 Å². The van der Waals surface area contributed by atoms with Crippen LogP contribution < -0.4 is 9.47 Å². The van der Waals surface area contributed by atoms with Gasteiger partial charge in [0, 0.05) is 11.1 Å². The summed E-state index contributed by atoms with van der Waals surface area (Å²) in [4.78, 5) is 13.1. The smallest absolute Gasteiger partial charge is 0.320 e. The first-order chi connectivity index (χ1) is 12.6. The molecular formula is C19H18ClN3O3. The van der Waals surface area contributed by atoms with Crippen molar-refractivity contribution in [3.8, 4) is 34.5 Å². The van der Waals surface area contributed by atoms with Crippen LogP contribution in [0.25, 0.3) is 22.8 Å². The molecule has 0 spiro atoms. The van der Waals surface area contributed by atoms with Crippen LogP contribution in [0.3, 0.4) is 0 Å². The maximum absolute atomic E-state index is 9.37. The molecule has 2 aromatic carbocycles. The number of nitrogens with zero attached hydrogens (tertiary/aromatic N) is 3. The van der Waals surface area contributed by atoms with Crippen LogP contribution in [0.2, 0.25) is 5.02 Å². The van der Waals surface area contributed by atoms with Gasteiger partial charge in [-0.1, -0.05) is 17.7 Å². The highest BCUT2D eigenvalue weighted by molar-refractivity contribution is 6.33. The molecule has 0 aliphatic carbocycles. The fourth-order valence-corrected chi connectivity index (χ4v) is 2.61. The van der Waals surface area contributed by atoms with E-state index in [0.29, 0.717) is 34.4 Å². The number of aliphatic hydroxyl groups is 1. The normalized spacial score (nSPS) is 10.6. The first kappa shape index (κ1) is 18.1. The minimum atomic E-state index is -0.0991. The molecule has 1 heterocycles. The molecule has 26 heavy (non-hydrogen) atoms. The zero-order valence-electron chi connectivity index (χ0n) is 14.4. The van der Waals surface area contributed by atoms with E-state index in [1.807, 2.05) is 31.2 Å². The van der Waals surface area contributed by atoms with E-state index in [1.165, 1.54) is 7.11 Å². The average Bonchev–Trinajstić information content (AvgIpc) is 2.69. The number of rotatable bonds is 6. The lowest BCUT2D eigenvalue weighted by Gasteiger charge is -2.09. The first-order valence-corrected chi connectivity index (χ1v) is 8.45. The van der Waals surface area contributed by atoms with Gasteiger partial charge in [-0.3, -0.25) is 0 Å². The van der Waals surface area contributed by atoms with Crippen molar-refractivity contribution < 1.29 is 14.6 Å². The quantitative estimate of drug-likeness (QED) is 0.710. The van der Waals surface area contributed by atoms with Crippen molar-refractivity contribution in [2.45, 2.75) is 13.5 Å². The molecule has 0 fully saturated rings. The van der Waals surface area contributed by atoms with Crippen LogP contribution in [0, 0.1) is 0 Å². The molecule has 0 amide bonds. The highest BCUT2D eigenvalue weighted by Crippen LogP contribution is 2.29. The number of benzene rings is 2. The van der Waals surface area contributed by atoms with Crippen LogP contribution in [0.15, 0.2) is 42.5 Å². The Hall–Kier alpha value is -2.70. The van der Waals surface area contributed by atoms with Crippen molar-refractivity contribution in [2.24, 2.45) is 0 Å². The van der Waals surface area contributed by atoms with E-state index in [9.17, 15) is 5.11 Å². The van der Waals surface area contributed by atoms with Gasteiger partial charge in [0.2, 0.25) is 0 Å². The number of halogens is 1. The topological polar surface area (TPSA) is 77.4 Å². The van der Waals surface area contributed by atoms with E-state index in [1.54, 1.807) is 18.2 Å². The SMILES string of the molecule is CCOc1ccc(-c2nc(OC)nc(-c3cc(CO)ccc3Cl)n2)cc1. The van der Waals surface area contributed by atoms with E-state index in [0.717, 1.165) is 11.3 Å². The first-order valence-electron chi connectivity index (χ1n) is 8.07. The standard InChI is InChI=1S/C19H18ClN3O3/c1-3-26-14-7-5-13(6-8-14)17-21-18(23-19(22-17)25-2)15-10-12(11-24)4-9-16(15)20/h4-10,24H,3,11H2,1-2H3. The van der Waals surface area contributed by atoms with Crippen LogP contribution in [-0.4, -0.2) is 33.8 Å². The van der Waals surface area contributed by atoms with E-state index in [2.05, 4.69) is 15.0 Å². The summed E-state index contributed by atoms with van der Waals surface area (Å²) in [6.45, 7) is 2.43. The molecule has 0 bridgehead atoms. The zero-order valence-corrected chi connectivity index (χ0v) is 15.2. The lowest BCUT2D eigenvalue weighted by Crippen LogP contribution is -2.01. The Morgan fingerprint density at radius 2 is 1.73 bits per heavy atom. The summed E-state index contributed by atoms with van der Waals surface area (Å²) in [5.41, 5.74) is 2.11. The fraction of sp³-hybridized carbons (Fsp3) is 0.211. The molecule has 0 unspecified atom stereocenters. The Bertz CT molecular complexity index is 901. The maximum atomic E-state index is 9.37. The van der Waals surface area contributed by atoms with Gasteiger partial charge in [-0.15, -0.1) is 0 Å². The molecule has 1 N–H and O–H groups in total. The monoisotopic (exact) mass is 371 g/mol. The summed E-state index contributed by atoms with van der Waals surface area (Å²) < 4.78 is 10.7. The van der Waals surface area contributed by atoms with Crippen LogP contribution >= 0.6 is 11.6 Å². The van der Waals surface area contributed by atoms with Gasteiger partial charge in [0.25, 0.3) is 0 Å². The van der Waals surface area contributed by atoms with Crippen molar-refractivity contribution >= 4 is 11.6 Å². The second-order valence-electron chi connectivity index (χ2n) is 5.40. The molecule has 134 valence electrons. The molecular weight excluding hydrogens is 354 g/mol. The van der Waals surface area contributed by atoms with Gasteiger partial charge in [-0.05, 0) is 48.9 Å². The molecule has 0 aliphatic rings. The number of hydrogen-bond acceptors (Lipinski definition) is 6. The van der Waals surface area contributed by atoms with E-state index in [4.69, 9.17) is 21.1 Å². The molecule has 0 atom stereocenters. The van der Waals surface area contributed by atoms with Gasteiger partial charge in [-0.2, -0.15) is 9.97 Å². The molecule has 0 radical (unpaired) electrons. The minimum Gasteiger partial charge on any atom is -0.494 e. The second kappa shape index (κ2) is 8.12. The lowest BCUT2D eigenvalue weighted by atomic mass is 10.1. The summed E-state index contributed by atoms with van der Waals surface area (Å²) >= 11 is 6.30. The van der Waals surface area contributed by atoms with Gasteiger partial charge in [0.05, 0.1) is 25.3 Å². The van der Waals surface area contributed by atoms with Gasteiger partial charge in [0.1, 0.15) is 5.75 Å². The van der Waals surface area contributed by atoms with Crippen molar-refractivity contribution in [2.75, 3.05) is 13.7 Å². The summed E-state index contributed by atoms with van der Waals surface area (Å²) in [7, 11) is 1.49. The maximum Gasteiger partial charge on any atom is 0.320 e.